The zero-order valence-corrected chi connectivity index (χ0v) is 14.8. The molecule has 3 rings (SSSR count). The SMILES string of the molecule is CC(=O)N1CCC2(CC1)OCC[C@H]2CCOCc1cccc(C)n1. The number of carbonyl (C=O) groups excluding carboxylic acids is 1. The van der Waals surface area contributed by atoms with Gasteiger partial charge in [-0.1, -0.05) is 6.07 Å². The molecule has 1 atom stereocenters. The topological polar surface area (TPSA) is 51.7 Å². The Morgan fingerprint density at radius 3 is 2.92 bits per heavy atom. The number of ether oxygens (including phenoxy) is 2. The lowest BCUT2D eigenvalue weighted by Crippen LogP contribution is -2.49. The standard InChI is InChI=1S/C19H28N2O3/c1-15-4-3-5-18(20-15)14-23-12-6-17-7-13-24-19(17)8-10-21(11-9-19)16(2)22/h3-5,17H,6-14H2,1-2H3/t17-/m1/s1. The number of aromatic nitrogens is 1. The van der Waals surface area contributed by atoms with Crippen LogP contribution >= 0.6 is 0 Å². The molecule has 1 aromatic rings. The summed E-state index contributed by atoms with van der Waals surface area (Å²) in [5.74, 6) is 0.713. The molecule has 2 fully saturated rings. The summed E-state index contributed by atoms with van der Waals surface area (Å²) in [6, 6.07) is 6.02. The predicted molar refractivity (Wildman–Crippen MR) is 91.5 cm³/mol. The third-order valence-electron chi connectivity index (χ3n) is 5.46. The van der Waals surface area contributed by atoms with E-state index in [0.717, 1.165) is 63.4 Å². The van der Waals surface area contributed by atoms with Gasteiger partial charge in [0.05, 0.1) is 17.9 Å². The number of pyridine rings is 1. The van der Waals surface area contributed by atoms with Crippen LogP contribution in [0.2, 0.25) is 0 Å². The van der Waals surface area contributed by atoms with Gasteiger partial charge in [-0.15, -0.1) is 0 Å². The van der Waals surface area contributed by atoms with Gasteiger partial charge in [0.25, 0.3) is 0 Å². The van der Waals surface area contributed by atoms with E-state index in [1.807, 2.05) is 30.0 Å². The second-order valence-electron chi connectivity index (χ2n) is 7.02. The number of piperidine rings is 1. The van der Waals surface area contributed by atoms with E-state index in [-0.39, 0.29) is 11.5 Å². The lowest BCUT2D eigenvalue weighted by atomic mass is 9.78. The van der Waals surface area contributed by atoms with Crippen LogP contribution in [0.4, 0.5) is 0 Å². The summed E-state index contributed by atoms with van der Waals surface area (Å²) in [5, 5.41) is 0. The molecule has 0 N–H and O–H groups in total. The third kappa shape index (κ3) is 3.95. The Kier molecular flexibility index (Phi) is 5.51. The summed E-state index contributed by atoms with van der Waals surface area (Å²) >= 11 is 0. The van der Waals surface area contributed by atoms with Crippen LogP contribution in [0.1, 0.15) is 44.0 Å². The molecule has 1 amide bonds. The molecule has 2 saturated heterocycles. The average molecular weight is 332 g/mol. The molecule has 0 unspecified atom stereocenters. The first-order valence-corrected chi connectivity index (χ1v) is 8.99. The van der Waals surface area contributed by atoms with Crippen molar-refractivity contribution in [3.05, 3.63) is 29.6 Å². The summed E-state index contributed by atoms with van der Waals surface area (Å²) in [7, 11) is 0. The molecule has 5 nitrogen and oxygen atoms in total. The van der Waals surface area contributed by atoms with Crippen molar-refractivity contribution >= 4 is 5.91 Å². The summed E-state index contributed by atoms with van der Waals surface area (Å²) in [4.78, 5) is 17.9. The molecule has 0 saturated carbocycles. The van der Waals surface area contributed by atoms with Crippen molar-refractivity contribution in [3.63, 3.8) is 0 Å². The highest BCUT2D eigenvalue weighted by Gasteiger charge is 2.46. The van der Waals surface area contributed by atoms with Gasteiger partial charge in [-0.05, 0) is 50.7 Å². The van der Waals surface area contributed by atoms with Crippen molar-refractivity contribution in [1.82, 2.24) is 9.88 Å². The molecule has 2 aliphatic heterocycles. The number of aryl methyl sites for hydroxylation is 1. The van der Waals surface area contributed by atoms with E-state index in [2.05, 4.69) is 4.98 Å². The van der Waals surface area contributed by atoms with Crippen LogP contribution in [-0.4, -0.2) is 47.7 Å². The van der Waals surface area contributed by atoms with Gasteiger partial charge in [0.1, 0.15) is 0 Å². The van der Waals surface area contributed by atoms with Crippen LogP contribution in [0.5, 0.6) is 0 Å². The van der Waals surface area contributed by atoms with Crippen molar-refractivity contribution in [1.29, 1.82) is 0 Å². The Morgan fingerprint density at radius 1 is 1.42 bits per heavy atom. The highest BCUT2D eigenvalue weighted by atomic mass is 16.5. The van der Waals surface area contributed by atoms with Crippen LogP contribution in [0.15, 0.2) is 18.2 Å². The van der Waals surface area contributed by atoms with E-state index in [4.69, 9.17) is 9.47 Å². The minimum atomic E-state index is -0.0309. The van der Waals surface area contributed by atoms with E-state index in [9.17, 15) is 4.79 Å². The molecule has 132 valence electrons. The number of likely N-dealkylation sites (tertiary alicyclic amines) is 1. The smallest absolute Gasteiger partial charge is 0.219 e. The van der Waals surface area contributed by atoms with E-state index in [1.54, 1.807) is 6.92 Å². The fourth-order valence-electron chi connectivity index (χ4n) is 4.03. The van der Waals surface area contributed by atoms with Crippen LogP contribution in [0.25, 0.3) is 0 Å². The van der Waals surface area contributed by atoms with Crippen LogP contribution in [0.3, 0.4) is 0 Å². The van der Waals surface area contributed by atoms with Crippen molar-refractivity contribution in [3.8, 4) is 0 Å². The predicted octanol–water partition coefficient (Wildman–Crippen LogP) is 2.71. The van der Waals surface area contributed by atoms with E-state index >= 15 is 0 Å². The van der Waals surface area contributed by atoms with E-state index in [0.29, 0.717) is 12.5 Å². The molecule has 2 aliphatic rings. The molecule has 1 aromatic heterocycles. The average Bonchev–Trinajstić information content (AvgIpc) is 2.94. The van der Waals surface area contributed by atoms with Gasteiger partial charge < -0.3 is 14.4 Å². The minimum absolute atomic E-state index is 0.0309. The quantitative estimate of drug-likeness (QED) is 0.778. The van der Waals surface area contributed by atoms with Gasteiger partial charge in [-0.25, -0.2) is 0 Å². The van der Waals surface area contributed by atoms with Gasteiger partial charge in [0.15, 0.2) is 0 Å². The molecule has 3 heterocycles. The second-order valence-corrected chi connectivity index (χ2v) is 7.02. The summed E-state index contributed by atoms with van der Waals surface area (Å²) < 4.78 is 12.0. The zero-order valence-electron chi connectivity index (χ0n) is 14.8. The normalized spacial score (nSPS) is 22.9. The van der Waals surface area contributed by atoms with Gasteiger partial charge in [-0.2, -0.15) is 0 Å². The first-order valence-electron chi connectivity index (χ1n) is 8.99. The maximum atomic E-state index is 11.5. The monoisotopic (exact) mass is 332 g/mol. The Morgan fingerprint density at radius 2 is 2.21 bits per heavy atom. The number of nitrogens with zero attached hydrogens (tertiary/aromatic N) is 2. The van der Waals surface area contributed by atoms with Crippen LogP contribution < -0.4 is 0 Å². The van der Waals surface area contributed by atoms with Crippen molar-refractivity contribution in [2.24, 2.45) is 5.92 Å². The second kappa shape index (κ2) is 7.62. The third-order valence-corrected chi connectivity index (χ3v) is 5.46. The largest absolute Gasteiger partial charge is 0.375 e. The molecule has 0 aliphatic carbocycles. The molecule has 1 spiro atoms. The highest BCUT2D eigenvalue weighted by Crippen LogP contribution is 2.42. The number of carbonyl (C=O) groups is 1. The van der Waals surface area contributed by atoms with Crippen LogP contribution in [0, 0.1) is 12.8 Å². The number of rotatable bonds is 5. The minimum Gasteiger partial charge on any atom is -0.375 e. The van der Waals surface area contributed by atoms with Gasteiger partial charge in [0, 0.05) is 38.9 Å². The molecular weight excluding hydrogens is 304 g/mol. The molecule has 0 bridgehead atoms. The maximum absolute atomic E-state index is 11.5. The zero-order chi connectivity index (χ0) is 17.0. The fraction of sp³-hybridized carbons (Fsp3) is 0.684. The molecule has 24 heavy (non-hydrogen) atoms. The fourth-order valence-corrected chi connectivity index (χ4v) is 4.03. The summed E-state index contributed by atoms with van der Waals surface area (Å²) in [6.45, 7) is 7.43. The Balaban J connectivity index is 1.46. The molecule has 5 heteroatoms. The van der Waals surface area contributed by atoms with Crippen molar-refractivity contribution in [2.75, 3.05) is 26.3 Å². The molecular formula is C19H28N2O3. The van der Waals surface area contributed by atoms with Gasteiger partial charge >= 0.3 is 0 Å². The number of hydrogen-bond acceptors (Lipinski definition) is 4. The Hall–Kier alpha value is -1.46. The van der Waals surface area contributed by atoms with Crippen molar-refractivity contribution in [2.45, 2.75) is 51.7 Å². The first-order chi connectivity index (χ1) is 11.6. The molecule has 0 radical (unpaired) electrons. The van der Waals surface area contributed by atoms with Crippen LogP contribution in [-0.2, 0) is 20.9 Å². The summed E-state index contributed by atoms with van der Waals surface area (Å²) in [6.07, 6.45) is 4.03. The maximum Gasteiger partial charge on any atom is 0.219 e. The van der Waals surface area contributed by atoms with Crippen molar-refractivity contribution < 1.29 is 14.3 Å². The highest BCUT2D eigenvalue weighted by molar-refractivity contribution is 5.73. The Bertz CT molecular complexity index is 567. The number of hydrogen-bond donors (Lipinski definition) is 0. The first kappa shape index (κ1) is 17.4. The van der Waals surface area contributed by atoms with Gasteiger partial charge in [0.2, 0.25) is 5.91 Å². The lowest BCUT2D eigenvalue weighted by Gasteiger charge is -2.42. The molecule has 0 aromatic carbocycles. The van der Waals surface area contributed by atoms with E-state index in [1.165, 1.54) is 0 Å². The van der Waals surface area contributed by atoms with E-state index < -0.39 is 0 Å². The Labute approximate surface area is 144 Å². The number of amides is 1. The van der Waals surface area contributed by atoms with Gasteiger partial charge in [-0.3, -0.25) is 9.78 Å². The lowest BCUT2D eigenvalue weighted by molar-refractivity contribution is -0.135. The summed E-state index contributed by atoms with van der Waals surface area (Å²) in [5.41, 5.74) is 1.98.